The molecule has 1 aliphatic rings. The van der Waals surface area contributed by atoms with Gasteiger partial charge in [0, 0.05) is 12.6 Å². The minimum Gasteiger partial charge on any atom is -0.271 e. The van der Waals surface area contributed by atoms with Crippen LogP contribution in [0.5, 0.6) is 0 Å². The molecule has 2 aromatic rings. The zero-order valence-corrected chi connectivity index (χ0v) is 11.9. The molecule has 112 valence electrons. The Bertz CT molecular complexity index is 574. The molecular formula is C15H20FN5. The van der Waals surface area contributed by atoms with Gasteiger partial charge < -0.3 is 0 Å². The van der Waals surface area contributed by atoms with Crippen LogP contribution in [0, 0.1) is 5.82 Å². The van der Waals surface area contributed by atoms with Crippen LogP contribution in [0.4, 0.5) is 4.39 Å². The Labute approximate surface area is 123 Å². The van der Waals surface area contributed by atoms with E-state index >= 15 is 0 Å². The van der Waals surface area contributed by atoms with Crippen molar-refractivity contribution in [1.82, 2.24) is 20.2 Å². The largest absolute Gasteiger partial charge is 0.271 e. The number of aromatic nitrogens is 3. The van der Waals surface area contributed by atoms with Crippen LogP contribution in [-0.2, 0) is 6.42 Å². The number of pyridine rings is 1. The van der Waals surface area contributed by atoms with E-state index < -0.39 is 0 Å². The highest BCUT2D eigenvalue weighted by atomic mass is 19.1. The van der Waals surface area contributed by atoms with E-state index in [0.29, 0.717) is 18.2 Å². The van der Waals surface area contributed by atoms with Crippen LogP contribution in [-0.4, -0.2) is 14.8 Å². The molecule has 21 heavy (non-hydrogen) atoms. The van der Waals surface area contributed by atoms with Crippen molar-refractivity contribution in [3.05, 3.63) is 47.8 Å². The van der Waals surface area contributed by atoms with Crippen molar-refractivity contribution in [2.45, 2.75) is 44.2 Å². The van der Waals surface area contributed by atoms with E-state index in [0.717, 1.165) is 5.69 Å². The number of hydrogen-bond acceptors (Lipinski definition) is 4. The monoisotopic (exact) mass is 289 g/mol. The Kier molecular flexibility index (Phi) is 4.26. The molecule has 5 nitrogen and oxygen atoms in total. The SMILES string of the molecule is NNC(Cc1ccn(C2CCCC2)n1)c1ccc(F)cn1. The Morgan fingerprint density at radius 3 is 2.81 bits per heavy atom. The average molecular weight is 289 g/mol. The van der Waals surface area contributed by atoms with E-state index in [1.165, 1.54) is 37.9 Å². The molecule has 1 unspecified atom stereocenters. The fourth-order valence-corrected chi connectivity index (χ4v) is 2.91. The van der Waals surface area contributed by atoms with Gasteiger partial charge >= 0.3 is 0 Å². The van der Waals surface area contributed by atoms with Crippen LogP contribution < -0.4 is 11.3 Å². The summed E-state index contributed by atoms with van der Waals surface area (Å²) in [7, 11) is 0. The van der Waals surface area contributed by atoms with Crippen molar-refractivity contribution >= 4 is 0 Å². The van der Waals surface area contributed by atoms with Crippen LogP contribution in [0.2, 0.25) is 0 Å². The first-order valence-corrected chi connectivity index (χ1v) is 7.38. The summed E-state index contributed by atoms with van der Waals surface area (Å²) in [6, 6.07) is 5.42. The first-order chi connectivity index (χ1) is 10.3. The lowest BCUT2D eigenvalue weighted by molar-refractivity contribution is 0.456. The number of halogens is 1. The Morgan fingerprint density at radius 2 is 2.14 bits per heavy atom. The van der Waals surface area contributed by atoms with Crippen molar-refractivity contribution in [2.24, 2.45) is 5.84 Å². The van der Waals surface area contributed by atoms with E-state index in [1.807, 2.05) is 12.3 Å². The van der Waals surface area contributed by atoms with Gasteiger partial charge in [0.15, 0.2) is 0 Å². The molecule has 0 spiro atoms. The third-order valence-corrected chi connectivity index (χ3v) is 4.08. The molecule has 2 heterocycles. The quantitative estimate of drug-likeness (QED) is 0.654. The predicted molar refractivity (Wildman–Crippen MR) is 77.7 cm³/mol. The molecule has 6 heteroatoms. The third kappa shape index (κ3) is 3.28. The summed E-state index contributed by atoms with van der Waals surface area (Å²) in [5, 5.41) is 4.64. The fraction of sp³-hybridized carbons (Fsp3) is 0.467. The molecule has 3 N–H and O–H groups in total. The molecule has 0 saturated heterocycles. The van der Waals surface area contributed by atoms with Gasteiger partial charge in [0.25, 0.3) is 0 Å². The van der Waals surface area contributed by atoms with E-state index in [-0.39, 0.29) is 11.9 Å². The molecule has 1 saturated carbocycles. The maximum absolute atomic E-state index is 12.9. The number of rotatable bonds is 5. The molecule has 2 aromatic heterocycles. The van der Waals surface area contributed by atoms with Gasteiger partial charge in [-0.2, -0.15) is 5.10 Å². The lowest BCUT2D eigenvalue weighted by atomic mass is 10.1. The van der Waals surface area contributed by atoms with Crippen LogP contribution in [0.25, 0.3) is 0 Å². The zero-order valence-electron chi connectivity index (χ0n) is 11.9. The van der Waals surface area contributed by atoms with Gasteiger partial charge in [-0.05, 0) is 31.0 Å². The van der Waals surface area contributed by atoms with Gasteiger partial charge in [-0.1, -0.05) is 12.8 Å². The maximum atomic E-state index is 12.9. The Morgan fingerprint density at radius 1 is 1.33 bits per heavy atom. The van der Waals surface area contributed by atoms with Gasteiger partial charge in [-0.15, -0.1) is 0 Å². The smallest absolute Gasteiger partial charge is 0.141 e. The number of nitrogens with two attached hydrogens (primary N) is 1. The summed E-state index contributed by atoms with van der Waals surface area (Å²) in [6.07, 6.45) is 8.86. The molecule has 0 bridgehead atoms. The highest BCUT2D eigenvalue weighted by Crippen LogP contribution is 2.29. The van der Waals surface area contributed by atoms with Crippen LogP contribution >= 0.6 is 0 Å². The number of nitrogens with zero attached hydrogens (tertiary/aromatic N) is 3. The molecule has 0 aliphatic heterocycles. The fourth-order valence-electron chi connectivity index (χ4n) is 2.91. The molecule has 1 aliphatic carbocycles. The standard InChI is InChI=1S/C15H20FN5/c16-11-5-6-14(18-10-11)15(19-17)9-12-7-8-21(20-12)13-3-1-2-4-13/h5-8,10,13,15,19H,1-4,9,17H2. The van der Waals surface area contributed by atoms with Crippen LogP contribution in [0.3, 0.4) is 0 Å². The Hall–Kier alpha value is -1.79. The predicted octanol–water partition coefficient (Wildman–Crippen LogP) is 2.28. The van der Waals surface area contributed by atoms with Crippen molar-refractivity contribution in [3.8, 4) is 0 Å². The summed E-state index contributed by atoms with van der Waals surface area (Å²) in [5.74, 6) is 5.25. The maximum Gasteiger partial charge on any atom is 0.141 e. The lowest BCUT2D eigenvalue weighted by Gasteiger charge is -2.14. The second-order valence-electron chi connectivity index (χ2n) is 5.55. The summed E-state index contributed by atoms with van der Waals surface area (Å²) < 4.78 is 15.0. The molecule has 1 atom stereocenters. The average Bonchev–Trinajstić information content (AvgIpc) is 3.17. The molecule has 3 rings (SSSR count). The zero-order chi connectivity index (χ0) is 14.7. The van der Waals surface area contributed by atoms with Crippen LogP contribution in [0.15, 0.2) is 30.6 Å². The van der Waals surface area contributed by atoms with E-state index in [2.05, 4.69) is 20.2 Å². The number of hydrogen-bond donors (Lipinski definition) is 2. The number of nitrogens with one attached hydrogen (secondary N) is 1. The van der Waals surface area contributed by atoms with Crippen molar-refractivity contribution in [2.75, 3.05) is 0 Å². The van der Waals surface area contributed by atoms with E-state index in [1.54, 1.807) is 6.07 Å². The van der Waals surface area contributed by atoms with Gasteiger partial charge in [0.05, 0.1) is 29.7 Å². The lowest BCUT2D eigenvalue weighted by Crippen LogP contribution is -2.30. The van der Waals surface area contributed by atoms with Crippen LogP contribution in [0.1, 0.15) is 49.2 Å². The highest BCUT2D eigenvalue weighted by molar-refractivity contribution is 5.13. The normalized spacial score (nSPS) is 17.2. The van der Waals surface area contributed by atoms with Crippen molar-refractivity contribution < 1.29 is 4.39 Å². The van der Waals surface area contributed by atoms with Gasteiger partial charge in [0.2, 0.25) is 0 Å². The molecule has 1 fully saturated rings. The topological polar surface area (TPSA) is 68.8 Å². The molecular weight excluding hydrogens is 269 g/mol. The summed E-state index contributed by atoms with van der Waals surface area (Å²) in [5.41, 5.74) is 4.42. The number of hydrazine groups is 1. The second-order valence-corrected chi connectivity index (χ2v) is 5.55. The Balaban J connectivity index is 1.70. The van der Waals surface area contributed by atoms with Crippen molar-refractivity contribution in [3.63, 3.8) is 0 Å². The molecule has 0 amide bonds. The minimum absolute atomic E-state index is 0.169. The van der Waals surface area contributed by atoms with Gasteiger partial charge in [-0.3, -0.25) is 20.9 Å². The van der Waals surface area contributed by atoms with Crippen molar-refractivity contribution in [1.29, 1.82) is 0 Å². The van der Waals surface area contributed by atoms with E-state index in [9.17, 15) is 4.39 Å². The highest BCUT2D eigenvalue weighted by Gasteiger charge is 2.19. The van der Waals surface area contributed by atoms with Gasteiger partial charge in [-0.25, -0.2) is 4.39 Å². The molecule has 0 radical (unpaired) electrons. The second kappa shape index (κ2) is 6.32. The minimum atomic E-state index is -0.347. The summed E-state index contributed by atoms with van der Waals surface area (Å²) >= 11 is 0. The molecule has 0 aromatic carbocycles. The summed E-state index contributed by atoms with van der Waals surface area (Å²) in [6.45, 7) is 0. The first-order valence-electron chi connectivity index (χ1n) is 7.38. The first kappa shape index (κ1) is 14.2. The summed E-state index contributed by atoms with van der Waals surface area (Å²) in [4.78, 5) is 4.08. The van der Waals surface area contributed by atoms with Gasteiger partial charge in [0.1, 0.15) is 5.82 Å². The van der Waals surface area contributed by atoms with E-state index in [4.69, 9.17) is 5.84 Å². The third-order valence-electron chi connectivity index (χ3n) is 4.08.